The normalized spacial score (nSPS) is 14.6. The van der Waals surface area contributed by atoms with Crippen LogP contribution >= 0.6 is 31.9 Å². The monoisotopic (exact) mass is 511 g/mol. The Labute approximate surface area is 185 Å². The molecule has 3 aromatic rings. The third kappa shape index (κ3) is 4.83. The highest BCUT2D eigenvalue weighted by Gasteiger charge is 2.25. The van der Waals surface area contributed by atoms with Gasteiger partial charge in [-0.25, -0.2) is 9.79 Å². The van der Waals surface area contributed by atoms with Gasteiger partial charge in [0.1, 0.15) is 12.4 Å². The van der Waals surface area contributed by atoms with Crippen LogP contribution < -0.4 is 4.74 Å². The van der Waals surface area contributed by atoms with E-state index >= 15 is 0 Å². The van der Waals surface area contributed by atoms with Crippen LogP contribution in [0.2, 0.25) is 0 Å². The Balaban J connectivity index is 1.53. The van der Waals surface area contributed by atoms with Crippen molar-refractivity contribution in [3.05, 3.63) is 104 Å². The molecule has 0 bridgehead atoms. The Kier molecular flexibility index (Phi) is 5.92. The van der Waals surface area contributed by atoms with Gasteiger partial charge in [0.25, 0.3) is 0 Å². The summed E-state index contributed by atoms with van der Waals surface area (Å²) < 4.78 is 13.0. The van der Waals surface area contributed by atoms with E-state index < -0.39 is 5.97 Å². The van der Waals surface area contributed by atoms with Gasteiger partial charge in [0.05, 0.1) is 5.56 Å². The summed E-state index contributed by atoms with van der Waals surface area (Å²) in [6.45, 7) is 0.450. The molecule has 1 aliphatic heterocycles. The lowest BCUT2D eigenvalue weighted by atomic mass is 10.2. The van der Waals surface area contributed by atoms with Crippen LogP contribution in [0.4, 0.5) is 0 Å². The molecule has 0 N–H and O–H groups in total. The van der Waals surface area contributed by atoms with Gasteiger partial charge in [0.15, 0.2) is 5.70 Å². The molecule has 4 rings (SSSR count). The van der Waals surface area contributed by atoms with Crippen molar-refractivity contribution in [2.24, 2.45) is 4.99 Å². The van der Waals surface area contributed by atoms with Crippen LogP contribution in [0, 0.1) is 0 Å². The van der Waals surface area contributed by atoms with Gasteiger partial charge in [0, 0.05) is 8.95 Å². The fraction of sp³-hybridized carbons (Fsp3) is 0.0435. The molecule has 3 aromatic carbocycles. The second-order valence-corrected chi connectivity index (χ2v) is 8.08. The Morgan fingerprint density at radius 1 is 0.966 bits per heavy atom. The highest BCUT2D eigenvalue weighted by molar-refractivity contribution is 9.10. The number of aliphatic imine (C=N–C) groups is 1. The first-order chi connectivity index (χ1) is 14.1. The van der Waals surface area contributed by atoms with E-state index in [0.29, 0.717) is 12.4 Å². The Hall–Kier alpha value is -2.70. The summed E-state index contributed by atoms with van der Waals surface area (Å²) in [6.07, 6.45) is 1.69. The van der Waals surface area contributed by atoms with Gasteiger partial charge < -0.3 is 9.47 Å². The number of esters is 1. The predicted molar refractivity (Wildman–Crippen MR) is 120 cm³/mol. The third-order valence-electron chi connectivity index (χ3n) is 4.18. The van der Waals surface area contributed by atoms with E-state index in [1.807, 2.05) is 72.8 Å². The van der Waals surface area contributed by atoms with Crippen molar-refractivity contribution in [2.45, 2.75) is 6.61 Å². The molecule has 1 heterocycles. The van der Waals surface area contributed by atoms with E-state index in [2.05, 4.69) is 36.9 Å². The van der Waals surface area contributed by atoms with Crippen molar-refractivity contribution in [1.82, 2.24) is 0 Å². The molecule has 144 valence electrons. The van der Waals surface area contributed by atoms with Crippen molar-refractivity contribution < 1.29 is 14.3 Å². The second kappa shape index (κ2) is 8.76. The second-order valence-electron chi connectivity index (χ2n) is 6.31. The van der Waals surface area contributed by atoms with Gasteiger partial charge >= 0.3 is 5.97 Å². The zero-order chi connectivity index (χ0) is 20.2. The fourth-order valence-electron chi connectivity index (χ4n) is 2.80. The molecule has 0 fully saturated rings. The first-order valence-electron chi connectivity index (χ1n) is 8.83. The standard InChI is InChI=1S/C23H15Br2NO3/c24-17-7-3-6-16(11-17)14-28-18-8-4-5-15(12-18)13-21-23(27)29-22(26-21)19-9-1-2-10-20(19)25/h1-13H,14H2/b21-13-. The summed E-state index contributed by atoms with van der Waals surface area (Å²) in [5, 5.41) is 0. The van der Waals surface area contributed by atoms with Gasteiger partial charge in [0.2, 0.25) is 5.90 Å². The maximum Gasteiger partial charge on any atom is 0.363 e. The molecule has 0 saturated heterocycles. The van der Waals surface area contributed by atoms with E-state index in [4.69, 9.17) is 9.47 Å². The molecule has 6 heteroatoms. The predicted octanol–water partition coefficient (Wildman–Crippen LogP) is 6.14. The largest absolute Gasteiger partial charge is 0.489 e. The molecule has 0 aliphatic carbocycles. The first kappa shape index (κ1) is 19.6. The number of ether oxygens (including phenoxy) is 2. The van der Waals surface area contributed by atoms with Crippen LogP contribution in [0.5, 0.6) is 5.75 Å². The molecule has 4 nitrogen and oxygen atoms in total. The first-order valence-corrected chi connectivity index (χ1v) is 10.4. The molecule has 0 amide bonds. The van der Waals surface area contributed by atoms with E-state index in [9.17, 15) is 4.79 Å². The number of hydrogen-bond acceptors (Lipinski definition) is 4. The topological polar surface area (TPSA) is 47.9 Å². The van der Waals surface area contributed by atoms with Gasteiger partial charge in [-0.15, -0.1) is 0 Å². The van der Waals surface area contributed by atoms with Crippen LogP contribution in [0.3, 0.4) is 0 Å². The maximum atomic E-state index is 12.2. The maximum absolute atomic E-state index is 12.2. The molecule has 0 radical (unpaired) electrons. The van der Waals surface area contributed by atoms with E-state index in [1.165, 1.54) is 0 Å². The van der Waals surface area contributed by atoms with Gasteiger partial charge in [-0.2, -0.15) is 0 Å². The van der Waals surface area contributed by atoms with Crippen LogP contribution in [-0.2, 0) is 16.1 Å². The van der Waals surface area contributed by atoms with Gasteiger partial charge in [-0.05, 0) is 69.5 Å². The molecule has 29 heavy (non-hydrogen) atoms. The summed E-state index contributed by atoms with van der Waals surface area (Å²) in [5.74, 6) is 0.521. The van der Waals surface area contributed by atoms with E-state index in [0.717, 1.165) is 25.6 Å². The minimum Gasteiger partial charge on any atom is -0.489 e. The number of cyclic esters (lactones) is 1. The minimum absolute atomic E-state index is 0.250. The van der Waals surface area contributed by atoms with Crippen LogP contribution in [-0.4, -0.2) is 11.9 Å². The number of halogens is 2. The van der Waals surface area contributed by atoms with E-state index in [-0.39, 0.29) is 11.6 Å². The van der Waals surface area contributed by atoms with E-state index in [1.54, 1.807) is 6.08 Å². The van der Waals surface area contributed by atoms with Crippen molar-refractivity contribution >= 4 is 49.8 Å². The molecule has 0 aromatic heterocycles. The molecular weight excluding hydrogens is 498 g/mol. The summed E-state index contributed by atoms with van der Waals surface area (Å²) >= 11 is 6.91. The lowest BCUT2D eigenvalue weighted by molar-refractivity contribution is -0.129. The lowest BCUT2D eigenvalue weighted by Crippen LogP contribution is -2.05. The molecule has 0 spiro atoms. The van der Waals surface area contributed by atoms with Gasteiger partial charge in [-0.1, -0.05) is 52.3 Å². The lowest BCUT2D eigenvalue weighted by Gasteiger charge is -2.07. The Bertz CT molecular complexity index is 1140. The quantitative estimate of drug-likeness (QED) is 0.305. The minimum atomic E-state index is -0.476. The Morgan fingerprint density at radius 3 is 2.62 bits per heavy atom. The molecule has 0 atom stereocenters. The zero-order valence-electron chi connectivity index (χ0n) is 15.1. The number of rotatable bonds is 5. The summed E-state index contributed by atoms with van der Waals surface area (Å²) in [6, 6.07) is 22.9. The van der Waals surface area contributed by atoms with Crippen LogP contribution in [0.15, 0.2) is 92.4 Å². The molecule has 0 saturated carbocycles. The van der Waals surface area contributed by atoms with Crippen molar-refractivity contribution in [2.75, 3.05) is 0 Å². The zero-order valence-corrected chi connectivity index (χ0v) is 18.3. The van der Waals surface area contributed by atoms with Crippen molar-refractivity contribution in [1.29, 1.82) is 0 Å². The fourth-order valence-corrected chi connectivity index (χ4v) is 3.71. The summed E-state index contributed by atoms with van der Waals surface area (Å²) in [7, 11) is 0. The average molecular weight is 513 g/mol. The van der Waals surface area contributed by atoms with Crippen LogP contribution in [0.25, 0.3) is 6.08 Å². The Morgan fingerprint density at radius 2 is 1.79 bits per heavy atom. The average Bonchev–Trinajstić information content (AvgIpc) is 3.07. The van der Waals surface area contributed by atoms with Crippen LogP contribution in [0.1, 0.15) is 16.7 Å². The molecular formula is C23H15Br2NO3. The highest BCUT2D eigenvalue weighted by Crippen LogP contribution is 2.25. The number of hydrogen-bond donors (Lipinski definition) is 0. The molecule has 0 unspecified atom stereocenters. The van der Waals surface area contributed by atoms with Gasteiger partial charge in [-0.3, -0.25) is 0 Å². The number of carbonyl (C=O) groups excluding carboxylic acids is 1. The number of carbonyl (C=O) groups is 1. The smallest absolute Gasteiger partial charge is 0.363 e. The third-order valence-corrected chi connectivity index (χ3v) is 5.37. The SMILES string of the molecule is O=C1OC(c2ccccc2Br)=N/C1=C\c1cccc(OCc2cccc(Br)c2)c1. The summed E-state index contributed by atoms with van der Waals surface area (Å²) in [5.41, 5.74) is 2.85. The number of nitrogens with zero attached hydrogens (tertiary/aromatic N) is 1. The highest BCUT2D eigenvalue weighted by atomic mass is 79.9. The molecule has 1 aliphatic rings. The van der Waals surface area contributed by atoms with Crippen molar-refractivity contribution in [3.63, 3.8) is 0 Å². The summed E-state index contributed by atoms with van der Waals surface area (Å²) in [4.78, 5) is 16.6. The number of benzene rings is 3. The van der Waals surface area contributed by atoms with Crippen molar-refractivity contribution in [3.8, 4) is 5.75 Å².